The van der Waals surface area contributed by atoms with Crippen molar-refractivity contribution in [3.63, 3.8) is 0 Å². The van der Waals surface area contributed by atoms with E-state index in [1.165, 1.54) is 0 Å². The van der Waals surface area contributed by atoms with E-state index in [2.05, 4.69) is 5.32 Å². The second kappa shape index (κ2) is 8.34. The third kappa shape index (κ3) is 5.11. The van der Waals surface area contributed by atoms with Crippen LogP contribution in [0.25, 0.3) is 0 Å². The molecule has 1 amide bonds. The first-order valence-corrected chi connectivity index (χ1v) is 7.75. The summed E-state index contributed by atoms with van der Waals surface area (Å²) in [5, 5.41) is 3.16. The third-order valence-electron chi connectivity index (χ3n) is 3.35. The lowest BCUT2D eigenvalue weighted by atomic mass is 9.97. The topological polar surface area (TPSA) is 55.4 Å². The Balaban J connectivity index is 1.89. The molecule has 2 aromatic carbocycles. The molecule has 2 rings (SSSR count). The monoisotopic (exact) mass is 331 g/mol. The molecule has 0 aliphatic rings. The predicted octanol–water partition coefficient (Wildman–Crippen LogP) is 4.02. The number of hydrogen-bond donors (Lipinski definition) is 1. The van der Waals surface area contributed by atoms with Gasteiger partial charge in [0, 0.05) is 10.7 Å². The Morgan fingerprint density at radius 1 is 1.13 bits per heavy atom. The molecule has 0 aliphatic heterocycles. The summed E-state index contributed by atoms with van der Waals surface area (Å²) in [6, 6.07) is 16.2. The average Bonchev–Trinajstić information content (AvgIpc) is 2.55. The summed E-state index contributed by atoms with van der Waals surface area (Å²) < 4.78 is 5.13. The number of carbonyl (C=O) groups excluding carboxylic acids is 2. The molecule has 1 atom stereocenters. The molecule has 2 aromatic rings. The van der Waals surface area contributed by atoms with Gasteiger partial charge in [-0.2, -0.15) is 0 Å². The van der Waals surface area contributed by atoms with E-state index in [1.807, 2.05) is 37.3 Å². The van der Waals surface area contributed by atoms with E-state index in [0.717, 1.165) is 5.56 Å². The first-order chi connectivity index (χ1) is 11.1. The van der Waals surface area contributed by atoms with Crippen molar-refractivity contribution < 1.29 is 14.3 Å². The number of ether oxygens (including phenoxy) is 1. The number of carbonyl (C=O) groups is 2. The van der Waals surface area contributed by atoms with Gasteiger partial charge in [0.25, 0.3) is 5.91 Å². The van der Waals surface area contributed by atoms with Gasteiger partial charge in [-0.15, -0.1) is 0 Å². The zero-order chi connectivity index (χ0) is 16.7. The van der Waals surface area contributed by atoms with Gasteiger partial charge in [0.1, 0.15) is 0 Å². The van der Waals surface area contributed by atoms with Crippen LogP contribution in [0.1, 0.15) is 24.8 Å². The quantitative estimate of drug-likeness (QED) is 0.813. The first kappa shape index (κ1) is 17.0. The maximum atomic E-state index is 12.2. The highest BCUT2D eigenvalue weighted by atomic mass is 35.5. The van der Waals surface area contributed by atoms with Crippen molar-refractivity contribution >= 4 is 29.2 Å². The van der Waals surface area contributed by atoms with E-state index >= 15 is 0 Å². The van der Waals surface area contributed by atoms with E-state index in [0.29, 0.717) is 17.1 Å². The van der Waals surface area contributed by atoms with Crippen molar-refractivity contribution in [1.29, 1.82) is 0 Å². The fourth-order valence-electron chi connectivity index (χ4n) is 2.22. The van der Waals surface area contributed by atoms with Gasteiger partial charge in [-0.05, 0) is 30.2 Å². The van der Waals surface area contributed by atoms with E-state index < -0.39 is 11.9 Å². The highest BCUT2D eigenvalue weighted by Crippen LogP contribution is 2.20. The molecular weight excluding hydrogens is 314 g/mol. The zero-order valence-corrected chi connectivity index (χ0v) is 13.5. The Hall–Kier alpha value is -2.33. The molecule has 4 nitrogen and oxygen atoms in total. The molecule has 23 heavy (non-hydrogen) atoms. The van der Waals surface area contributed by atoms with Crippen LogP contribution in [0.5, 0.6) is 0 Å². The molecule has 0 spiro atoms. The lowest BCUT2D eigenvalue weighted by molar-refractivity contribution is -0.149. The Morgan fingerprint density at radius 2 is 1.87 bits per heavy atom. The highest BCUT2D eigenvalue weighted by Gasteiger charge is 2.20. The van der Waals surface area contributed by atoms with Crippen molar-refractivity contribution in [2.24, 2.45) is 0 Å². The normalized spacial score (nSPS) is 11.6. The lowest BCUT2D eigenvalue weighted by Crippen LogP contribution is -2.23. The summed E-state index contributed by atoms with van der Waals surface area (Å²) in [6.07, 6.45) is 0.610. The summed E-state index contributed by atoms with van der Waals surface area (Å²) >= 11 is 5.85. The van der Waals surface area contributed by atoms with E-state index in [4.69, 9.17) is 16.3 Å². The van der Waals surface area contributed by atoms with Gasteiger partial charge in [-0.3, -0.25) is 9.59 Å². The molecule has 5 heteroatoms. The van der Waals surface area contributed by atoms with Crippen LogP contribution >= 0.6 is 11.6 Å². The number of halogens is 1. The predicted molar refractivity (Wildman–Crippen MR) is 90.5 cm³/mol. The van der Waals surface area contributed by atoms with Gasteiger partial charge >= 0.3 is 5.97 Å². The van der Waals surface area contributed by atoms with Crippen LogP contribution in [-0.4, -0.2) is 18.5 Å². The fourth-order valence-corrected chi connectivity index (χ4v) is 2.41. The van der Waals surface area contributed by atoms with E-state index in [9.17, 15) is 9.59 Å². The number of nitrogens with one attached hydrogen (secondary N) is 1. The van der Waals surface area contributed by atoms with Crippen molar-refractivity contribution in [2.75, 3.05) is 11.9 Å². The van der Waals surface area contributed by atoms with E-state index in [-0.39, 0.29) is 12.5 Å². The number of anilines is 1. The van der Waals surface area contributed by atoms with Crippen molar-refractivity contribution in [1.82, 2.24) is 0 Å². The Labute approximate surface area is 140 Å². The second-order valence-electron chi connectivity index (χ2n) is 5.04. The molecule has 120 valence electrons. The first-order valence-electron chi connectivity index (χ1n) is 7.37. The number of amides is 1. The molecule has 0 unspecified atom stereocenters. The molecule has 0 saturated heterocycles. The molecule has 0 fully saturated rings. The van der Waals surface area contributed by atoms with Crippen LogP contribution in [0.2, 0.25) is 5.02 Å². The van der Waals surface area contributed by atoms with Gasteiger partial charge in [-0.25, -0.2) is 0 Å². The molecule has 0 radical (unpaired) electrons. The minimum atomic E-state index is -0.403. The van der Waals surface area contributed by atoms with Crippen molar-refractivity contribution in [3.8, 4) is 0 Å². The SMILES string of the molecule is CC[C@H](C(=O)OCC(=O)Nc1cccc(Cl)c1)c1ccccc1. The summed E-state index contributed by atoms with van der Waals surface area (Å²) in [7, 11) is 0. The molecule has 0 aromatic heterocycles. The summed E-state index contributed by atoms with van der Waals surface area (Å²) in [6.45, 7) is 1.58. The molecule has 0 saturated carbocycles. The lowest BCUT2D eigenvalue weighted by Gasteiger charge is -2.14. The Kier molecular flexibility index (Phi) is 6.18. The van der Waals surface area contributed by atoms with Crippen LogP contribution in [0.15, 0.2) is 54.6 Å². The molecule has 0 bridgehead atoms. The summed E-state index contributed by atoms with van der Waals surface area (Å²) in [5.41, 5.74) is 1.45. The summed E-state index contributed by atoms with van der Waals surface area (Å²) in [4.78, 5) is 24.0. The Morgan fingerprint density at radius 3 is 2.52 bits per heavy atom. The summed E-state index contributed by atoms with van der Waals surface area (Å²) in [5.74, 6) is -1.17. The van der Waals surface area contributed by atoms with E-state index in [1.54, 1.807) is 24.3 Å². The number of benzene rings is 2. The second-order valence-corrected chi connectivity index (χ2v) is 5.47. The van der Waals surface area contributed by atoms with Crippen molar-refractivity contribution in [2.45, 2.75) is 19.3 Å². The van der Waals surface area contributed by atoms with Gasteiger partial charge in [0.2, 0.25) is 0 Å². The Bertz CT molecular complexity index is 673. The standard InChI is InChI=1S/C18H18ClNO3/c1-2-16(13-7-4-3-5-8-13)18(22)23-12-17(21)20-15-10-6-9-14(19)11-15/h3-11,16H,2,12H2,1H3,(H,20,21)/t16-/m0/s1. The van der Waals surface area contributed by atoms with Gasteiger partial charge in [-0.1, -0.05) is 54.9 Å². The minimum Gasteiger partial charge on any atom is -0.455 e. The number of esters is 1. The van der Waals surface area contributed by atoms with Crippen LogP contribution in [0.3, 0.4) is 0 Å². The third-order valence-corrected chi connectivity index (χ3v) is 3.58. The zero-order valence-electron chi connectivity index (χ0n) is 12.8. The van der Waals surface area contributed by atoms with Crippen LogP contribution in [0.4, 0.5) is 5.69 Å². The van der Waals surface area contributed by atoms with Crippen LogP contribution < -0.4 is 5.32 Å². The van der Waals surface area contributed by atoms with Crippen molar-refractivity contribution in [3.05, 3.63) is 65.2 Å². The number of rotatable bonds is 6. The average molecular weight is 332 g/mol. The molecule has 1 N–H and O–H groups in total. The minimum absolute atomic E-state index is 0.325. The van der Waals surface area contributed by atoms with Gasteiger partial charge in [0.15, 0.2) is 6.61 Å². The maximum absolute atomic E-state index is 12.2. The number of hydrogen-bond acceptors (Lipinski definition) is 3. The molecular formula is C18H18ClNO3. The molecule has 0 heterocycles. The van der Waals surface area contributed by atoms with Gasteiger partial charge in [0.05, 0.1) is 5.92 Å². The van der Waals surface area contributed by atoms with Crippen LogP contribution in [0, 0.1) is 0 Å². The van der Waals surface area contributed by atoms with Gasteiger partial charge < -0.3 is 10.1 Å². The molecule has 0 aliphatic carbocycles. The smallest absolute Gasteiger partial charge is 0.313 e. The largest absolute Gasteiger partial charge is 0.455 e. The maximum Gasteiger partial charge on any atom is 0.313 e. The van der Waals surface area contributed by atoms with Crippen LogP contribution in [-0.2, 0) is 14.3 Å². The fraction of sp³-hybridized carbons (Fsp3) is 0.222. The highest BCUT2D eigenvalue weighted by molar-refractivity contribution is 6.30.